The van der Waals surface area contributed by atoms with Crippen molar-refractivity contribution in [1.82, 2.24) is 0 Å². The van der Waals surface area contributed by atoms with E-state index < -0.39 is 36.1 Å². The van der Waals surface area contributed by atoms with E-state index >= 15 is 0 Å². The number of non-ortho nitro benzene ring substituents is 1. The molecule has 162 valence electrons. The first-order valence-electron chi connectivity index (χ1n) is 8.96. The predicted molar refractivity (Wildman–Crippen MR) is 107 cm³/mol. The molecule has 0 radical (unpaired) electrons. The zero-order chi connectivity index (χ0) is 20.9. The lowest BCUT2D eigenvalue weighted by Crippen LogP contribution is -2.28. The van der Waals surface area contributed by atoms with Crippen LogP contribution >= 0.6 is 28.0 Å². The zero-order valence-corrected chi connectivity index (χ0v) is 17.9. The molecule has 2 N–H and O–H groups in total. The fourth-order valence-corrected chi connectivity index (χ4v) is 8.21. The first kappa shape index (κ1) is 23.0. The summed E-state index contributed by atoms with van der Waals surface area (Å²) in [6, 6.07) is 5.79. The van der Waals surface area contributed by atoms with Crippen LogP contribution in [0.5, 0.6) is 0 Å². The van der Waals surface area contributed by atoms with Crippen LogP contribution in [0.15, 0.2) is 29.2 Å². The smallest absolute Gasteiger partial charge is 0.394 e. The van der Waals surface area contributed by atoms with Crippen LogP contribution in [-0.4, -0.2) is 66.0 Å². The molecule has 1 aromatic carbocycles. The summed E-state index contributed by atoms with van der Waals surface area (Å²) in [5, 5.41) is 30.0. The second-order valence-electron chi connectivity index (χ2n) is 6.44. The topological polar surface area (TPSA) is 138 Å². The van der Waals surface area contributed by atoms with Gasteiger partial charge < -0.3 is 19.7 Å². The van der Waals surface area contributed by atoms with Crippen molar-refractivity contribution in [3.63, 3.8) is 0 Å². The fraction of sp³-hybridized carbons (Fsp3) is 0.625. The highest BCUT2D eigenvalue weighted by atomic mass is 33.3. The zero-order valence-electron chi connectivity index (χ0n) is 15.3. The normalized spacial score (nSPS) is 29.0. The average molecular weight is 467 g/mol. The van der Waals surface area contributed by atoms with Crippen molar-refractivity contribution in [3.05, 3.63) is 34.4 Å². The van der Waals surface area contributed by atoms with E-state index in [4.69, 9.17) is 18.5 Å². The molecule has 1 aromatic rings. The van der Waals surface area contributed by atoms with Crippen LogP contribution in [0.2, 0.25) is 0 Å². The molecule has 2 saturated heterocycles. The summed E-state index contributed by atoms with van der Waals surface area (Å²) in [7, 11) is 1.96. The maximum absolute atomic E-state index is 13.4. The highest BCUT2D eigenvalue weighted by Gasteiger charge is 2.39. The van der Waals surface area contributed by atoms with Crippen molar-refractivity contribution in [2.75, 3.05) is 26.4 Å². The number of hydrogen-bond acceptors (Lipinski definition) is 11. The Morgan fingerprint density at radius 1 is 1.21 bits per heavy atom. The van der Waals surface area contributed by atoms with Crippen LogP contribution < -0.4 is 0 Å². The van der Waals surface area contributed by atoms with Gasteiger partial charge in [0.2, 0.25) is 0 Å². The van der Waals surface area contributed by atoms with Crippen molar-refractivity contribution in [2.45, 2.75) is 42.2 Å². The monoisotopic (exact) mass is 467 g/mol. The molecule has 0 amide bonds. The highest BCUT2D eigenvalue weighted by Crippen LogP contribution is 2.68. The standard InChI is InChI=1S/C16H22NO9PS2/c18-9-15-14(6-8-23-15)26-27(22,25-10-16-13(19)5-7-24-16)29-28-12-3-1-11(2-4-12)17(20)21/h1-4,13-16,18-19H,5-10H2/t13?,14?,15-,16-,27+/m1/s1. The molecule has 10 nitrogen and oxygen atoms in total. The molecule has 2 heterocycles. The van der Waals surface area contributed by atoms with Gasteiger partial charge in [0, 0.05) is 47.1 Å². The van der Waals surface area contributed by atoms with E-state index in [0.717, 1.165) is 21.2 Å². The van der Waals surface area contributed by atoms with Crippen molar-refractivity contribution in [1.29, 1.82) is 0 Å². The van der Waals surface area contributed by atoms with E-state index in [1.54, 1.807) is 12.1 Å². The van der Waals surface area contributed by atoms with E-state index in [-0.39, 0.29) is 18.9 Å². The summed E-state index contributed by atoms with van der Waals surface area (Å²) in [4.78, 5) is 10.9. The van der Waals surface area contributed by atoms with Gasteiger partial charge in [-0.1, -0.05) is 0 Å². The Morgan fingerprint density at radius 2 is 1.90 bits per heavy atom. The summed E-state index contributed by atoms with van der Waals surface area (Å²) in [5.41, 5.74) is -0.0451. The molecule has 2 unspecified atom stereocenters. The maximum atomic E-state index is 13.4. The Kier molecular flexibility index (Phi) is 8.37. The van der Waals surface area contributed by atoms with E-state index in [9.17, 15) is 24.9 Å². The number of nitro groups is 1. The second-order valence-corrected chi connectivity index (χ2v) is 12.2. The number of aliphatic hydroxyl groups is 2. The lowest BCUT2D eigenvalue weighted by molar-refractivity contribution is -0.384. The molecule has 0 saturated carbocycles. The van der Waals surface area contributed by atoms with Crippen molar-refractivity contribution >= 4 is 33.7 Å². The minimum atomic E-state index is -3.73. The van der Waals surface area contributed by atoms with E-state index in [2.05, 4.69) is 0 Å². The molecule has 0 aliphatic carbocycles. The Morgan fingerprint density at radius 3 is 2.52 bits per heavy atom. The number of aliphatic hydroxyl groups excluding tert-OH is 2. The molecule has 5 atom stereocenters. The fourth-order valence-electron chi connectivity index (χ4n) is 2.83. The van der Waals surface area contributed by atoms with E-state index in [1.165, 1.54) is 12.1 Å². The average Bonchev–Trinajstić information content (AvgIpc) is 3.33. The molecule has 2 fully saturated rings. The number of nitro benzene ring substituents is 1. The summed E-state index contributed by atoms with van der Waals surface area (Å²) in [5.74, 6) is 0. The van der Waals surface area contributed by atoms with Crippen molar-refractivity contribution in [3.8, 4) is 0 Å². The van der Waals surface area contributed by atoms with Gasteiger partial charge in [-0.15, -0.1) is 0 Å². The molecule has 2 aliphatic rings. The van der Waals surface area contributed by atoms with Crippen LogP contribution in [0.25, 0.3) is 0 Å². The summed E-state index contributed by atoms with van der Waals surface area (Å²) in [6.45, 7) is -3.33. The van der Waals surface area contributed by atoms with Gasteiger partial charge in [-0.25, -0.2) is 4.57 Å². The van der Waals surface area contributed by atoms with Crippen molar-refractivity contribution in [2.24, 2.45) is 0 Å². The number of ether oxygens (including phenoxy) is 2. The van der Waals surface area contributed by atoms with Gasteiger partial charge in [0.25, 0.3) is 5.69 Å². The molecule has 29 heavy (non-hydrogen) atoms. The second kappa shape index (κ2) is 10.6. The third kappa shape index (κ3) is 6.39. The van der Waals surface area contributed by atoms with Gasteiger partial charge in [-0.2, -0.15) is 0 Å². The molecule has 0 aromatic heterocycles. The minimum Gasteiger partial charge on any atom is -0.394 e. The molecular formula is C16H22NO9PS2. The number of rotatable bonds is 10. The molecule has 3 rings (SSSR count). The van der Waals surface area contributed by atoms with Crippen LogP contribution in [-0.2, 0) is 23.1 Å². The van der Waals surface area contributed by atoms with E-state index in [0.29, 0.717) is 31.0 Å². The van der Waals surface area contributed by atoms with Gasteiger partial charge in [-0.05, 0) is 29.3 Å². The first-order valence-corrected chi connectivity index (χ1v) is 13.3. The number of hydrogen-bond donors (Lipinski definition) is 2. The van der Waals surface area contributed by atoms with Gasteiger partial charge in [0.05, 0.1) is 30.3 Å². The number of nitrogens with zero attached hydrogens (tertiary/aromatic N) is 1. The van der Waals surface area contributed by atoms with E-state index in [1.807, 2.05) is 0 Å². The largest absolute Gasteiger partial charge is 0.400 e. The minimum absolute atomic E-state index is 0.0451. The Bertz CT molecular complexity index is 738. The lowest BCUT2D eigenvalue weighted by Gasteiger charge is -2.24. The number of benzene rings is 1. The summed E-state index contributed by atoms with van der Waals surface area (Å²) in [6.07, 6.45) is -1.53. The maximum Gasteiger partial charge on any atom is 0.400 e. The third-order valence-electron chi connectivity index (χ3n) is 4.44. The molecule has 2 aliphatic heterocycles. The third-order valence-corrected chi connectivity index (χ3v) is 10.4. The predicted octanol–water partition coefficient (Wildman–Crippen LogP) is 2.78. The molecule has 0 bridgehead atoms. The van der Waals surface area contributed by atoms with Crippen LogP contribution in [0.3, 0.4) is 0 Å². The Labute approximate surface area is 175 Å². The first-order chi connectivity index (χ1) is 13.9. The van der Waals surface area contributed by atoms with Crippen LogP contribution in [0.4, 0.5) is 5.69 Å². The Hall–Kier alpha value is -0.690. The van der Waals surface area contributed by atoms with Gasteiger partial charge in [0.1, 0.15) is 12.2 Å². The van der Waals surface area contributed by atoms with Crippen LogP contribution in [0.1, 0.15) is 12.8 Å². The highest BCUT2D eigenvalue weighted by molar-refractivity contribution is 8.98. The molecule has 0 spiro atoms. The quantitative estimate of drug-likeness (QED) is 0.227. The molecule has 13 heteroatoms. The SMILES string of the molecule is O=[N+]([O-])c1ccc(SS[P@@](=O)(OC[C@H]2OCCC2O)OC2CCO[C@@H]2CO)cc1. The van der Waals surface area contributed by atoms with Gasteiger partial charge in [-0.3, -0.25) is 19.2 Å². The van der Waals surface area contributed by atoms with Crippen LogP contribution in [0, 0.1) is 10.1 Å². The Balaban J connectivity index is 1.65. The summed E-state index contributed by atoms with van der Waals surface area (Å²) < 4.78 is 35.4. The summed E-state index contributed by atoms with van der Waals surface area (Å²) >= 11 is 0. The lowest BCUT2D eigenvalue weighted by atomic mass is 10.2. The molecular weight excluding hydrogens is 445 g/mol. The van der Waals surface area contributed by atoms with Crippen molar-refractivity contribution < 1.29 is 38.2 Å². The van der Waals surface area contributed by atoms with Gasteiger partial charge in [0.15, 0.2) is 0 Å². The van der Waals surface area contributed by atoms with Gasteiger partial charge >= 0.3 is 6.80 Å².